The molecule has 0 spiro atoms. The van der Waals surface area contributed by atoms with Gasteiger partial charge in [-0.15, -0.1) is 11.3 Å². The van der Waals surface area contributed by atoms with Crippen molar-refractivity contribution in [1.82, 2.24) is 15.6 Å². The number of aromatic nitrogens is 1. The van der Waals surface area contributed by atoms with Gasteiger partial charge in [0.2, 0.25) is 0 Å². The van der Waals surface area contributed by atoms with Crippen LogP contribution in [0.15, 0.2) is 10.5 Å². The van der Waals surface area contributed by atoms with E-state index in [1.54, 1.807) is 11.3 Å². The first-order valence-corrected chi connectivity index (χ1v) is 8.51. The van der Waals surface area contributed by atoms with Crippen LogP contribution >= 0.6 is 11.3 Å². The largest absolute Gasteiger partial charge is 0.356 e. The van der Waals surface area contributed by atoms with Crippen LogP contribution in [-0.4, -0.2) is 24.5 Å². The molecule has 0 radical (unpaired) electrons. The van der Waals surface area contributed by atoms with Crippen LogP contribution in [0.2, 0.25) is 0 Å². The quantitative estimate of drug-likeness (QED) is 0.481. The van der Waals surface area contributed by atoms with Crippen LogP contribution in [0, 0.1) is 12.8 Å². The molecule has 0 aromatic carbocycles. The third kappa shape index (κ3) is 4.78. The van der Waals surface area contributed by atoms with Crippen molar-refractivity contribution in [2.75, 3.05) is 13.6 Å². The maximum atomic E-state index is 4.27. The molecule has 5 heteroatoms. The van der Waals surface area contributed by atoms with E-state index in [4.69, 9.17) is 0 Å². The Morgan fingerprint density at radius 3 is 2.85 bits per heavy atom. The van der Waals surface area contributed by atoms with Crippen LogP contribution in [0.1, 0.15) is 49.1 Å². The molecule has 1 saturated carbocycles. The number of nitrogens with one attached hydrogen (secondary N) is 2. The van der Waals surface area contributed by atoms with Gasteiger partial charge in [0, 0.05) is 18.5 Å². The minimum atomic E-state index is 0.804. The molecular weight excluding hydrogens is 268 g/mol. The molecule has 1 aliphatic rings. The van der Waals surface area contributed by atoms with Crippen molar-refractivity contribution >= 4 is 17.3 Å². The number of rotatable bonds is 6. The maximum Gasteiger partial charge on any atom is 0.191 e. The molecule has 112 valence electrons. The van der Waals surface area contributed by atoms with Crippen LogP contribution in [0.4, 0.5) is 0 Å². The third-order valence-corrected chi connectivity index (χ3v) is 4.98. The number of hydrogen-bond acceptors (Lipinski definition) is 3. The summed E-state index contributed by atoms with van der Waals surface area (Å²) >= 11 is 1.69. The van der Waals surface area contributed by atoms with Gasteiger partial charge in [-0.1, -0.05) is 25.7 Å². The topological polar surface area (TPSA) is 49.3 Å². The van der Waals surface area contributed by atoms with Crippen LogP contribution < -0.4 is 10.6 Å². The first-order valence-electron chi connectivity index (χ1n) is 7.63. The second-order valence-corrected chi connectivity index (χ2v) is 6.45. The Balaban J connectivity index is 1.61. The van der Waals surface area contributed by atoms with E-state index in [9.17, 15) is 0 Å². The molecule has 0 aliphatic heterocycles. The highest BCUT2D eigenvalue weighted by Crippen LogP contribution is 2.28. The van der Waals surface area contributed by atoms with Crippen molar-refractivity contribution in [1.29, 1.82) is 0 Å². The lowest BCUT2D eigenvalue weighted by atomic mass is 10.0. The van der Waals surface area contributed by atoms with E-state index < -0.39 is 0 Å². The first-order chi connectivity index (χ1) is 9.79. The SMILES string of the molecule is CN=C(NCCCC1CCCC1)NCc1scnc1C. The van der Waals surface area contributed by atoms with Crippen molar-refractivity contribution in [3.8, 4) is 0 Å². The summed E-state index contributed by atoms with van der Waals surface area (Å²) in [5.41, 5.74) is 3.00. The Morgan fingerprint density at radius 1 is 1.40 bits per heavy atom. The van der Waals surface area contributed by atoms with Gasteiger partial charge in [0.05, 0.1) is 17.7 Å². The fraction of sp³-hybridized carbons (Fsp3) is 0.733. The minimum absolute atomic E-state index is 0.804. The van der Waals surface area contributed by atoms with Gasteiger partial charge in [0.25, 0.3) is 0 Å². The highest BCUT2D eigenvalue weighted by atomic mass is 32.1. The molecule has 4 nitrogen and oxygen atoms in total. The second-order valence-electron chi connectivity index (χ2n) is 5.51. The average Bonchev–Trinajstić information content (AvgIpc) is 3.10. The van der Waals surface area contributed by atoms with Gasteiger partial charge in [0.1, 0.15) is 0 Å². The normalized spacial score (nSPS) is 16.6. The molecule has 1 aromatic heterocycles. The van der Waals surface area contributed by atoms with Gasteiger partial charge >= 0.3 is 0 Å². The maximum absolute atomic E-state index is 4.27. The monoisotopic (exact) mass is 294 g/mol. The van der Waals surface area contributed by atoms with E-state index in [0.717, 1.165) is 30.7 Å². The van der Waals surface area contributed by atoms with E-state index in [2.05, 4.69) is 20.6 Å². The van der Waals surface area contributed by atoms with Gasteiger partial charge in [-0.25, -0.2) is 4.98 Å². The standard InChI is InChI=1S/C15H26N4S/c1-12-14(20-11-19-12)10-18-15(16-2)17-9-5-8-13-6-3-4-7-13/h11,13H,3-10H2,1-2H3,(H2,16,17,18). The fourth-order valence-electron chi connectivity index (χ4n) is 2.78. The predicted molar refractivity (Wildman–Crippen MR) is 86.2 cm³/mol. The molecule has 2 rings (SSSR count). The van der Waals surface area contributed by atoms with Crippen molar-refractivity contribution in [2.45, 2.75) is 52.0 Å². The Hall–Kier alpha value is -1.10. The van der Waals surface area contributed by atoms with Crippen molar-refractivity contribution < 1.29 is 0 Å². The van der Waals surface area contributed by atoms with E-state index in [1.165, 1.54) is 43.4 Å². The summed E-state index contributed by atoms with van der Waals surface area (Å²) in [6.45, 7) is 3.86. The Bertz CT molecular complexity index is 421. The zero-order valence-electron chi connectivity index (χ0n) is 12.6. The van der Waals surface area contributed by atoms with Crippen molar-refractivity contribution in [3.63, 3.8) is 0 Å². The third-order valence-electron chi connectivity index (χ3n) is 4.04. The van der Waals surface area contributed by atoms with E-state index in [-0.39, 0.29) is 0 Å². The average molecular weight is 294 g/mol. The van der Waals surface area contributed by atoms with Gasteiger partial charge in [-0.2, -0.15) is 0 Å². The van der Waals surface area contributed by atoms with Crippen LogP contribution in [0.3, 0.4) is 0 Å². The zero-order chi connectivity index (χ0) is 14.2. The van der Waals surface area contributed by atoms with E-state index in [0.29, 0.717) is 0 Å². The predicted octanol–water partition coefficient (Wildman–Crippen LogP) is 3.09. The molecular formula is C15H26N4S. The van der Waals surface area contributed by atoms with Gasteiger partial charge in [-0.3, -0.25) is 4.99 Å². The molecule has 0 bridgehead atoms. The first kappa shape index (κ1) is 15.3. The summed E-state index contributed by atoms with van der Waals surface area (Å²) in [5, 5.41) is 6.75. The van der Waals surface area contributed by atoms with Crippen LogP contribution in [0.5, 0.6) is 0 Å². The molecule has 1 heterocycles. The van der Waals surface area contributed by atoms with Crippen LogP contribution in [0.25, 0.3) is 0 Å². The van der Waals surface area contributed by atoms with E-state index >= 15 is 0 Å². The molecule has 0 amide bonds. The smallest absolute Gasteiger partial charge is 0.191 e. The molecule has 2 N–H and O–H groups in total. The second kappa shape index (κ2) is 8.25. The number of aryl methyl sites for hydroxylation is 1. The van der Waals surface area contributed by atoms with Crippen molar-refractivity contribution in [3.05, 3.63) is 16.1 Å². The fourth-order valence-corrected chi connectivity index (χ4v) is 3.49. The van der Waals surface area contributed by atoms with Gasteiger partial charge in [0.15, 0.2) is 5.96 Å². The number of thiazole rings is 1. The lowest BCUT2D eigenvalue weighted by Gasteiger charge is -2.13. The lowest BCUT2D eigenvalue weighted by Crippen LogP contribution is -2.37. The highest BCUT2D eigenvalue weighted by Gasteiger charge is 2.14. The van der Waals surface area contributed by atoms with Crippen LogP contribution in [-0.2, 0) is 6.54 Å². The van der Waals surface area contributed by atoms with Crippen molar-refractivity contribution in [2.24, 2.45) is 10.9 Å². The summed E-state index contributed by atoms with van der Waals surface area (Å²) in [7, 11) is 1.83. The molecule has 0 saturated heterocycles. The summed E-state index contributed by atoms with van der Waals surface area (Å²) < 4.78 is 0. The Morgan fingerprint density at radius 2 is 2.20 bits per heavy atom. The van der Waals surface area contributed by atoms with E-state index in [1.807, 2.05) is 19.5 Å². The molecule has 0 atom stereocenters. The number of guanidine groups is 1. The number of hydrogen-bond donors (Lipinski definition) is 2. The minimum Gasteiger partial charge on any atom is -0.356 e. The molecule has 1 aliphatic carbocycles. The highest BCUT2D eigenvalue weighted by molar-refractivity contribution is 7.09. The Labute approximate surface area is 126 Å². The molecule has 0 unspecified atom stereocenters. The summed E-state index contributed by atoms with van der Waals surface area (Å²) in [4.78, 5) is 9.80. The Kier molecular flexibility index (Phi) is 6.30. The lowest BCUT2D eigenvalue weighted by molar-refractivity contribution is 0.481. The van der Waals surface area contributed by atoms with Gasteiger partial charge < -0.3 is 10.6 Å². The number of nitrogens with zero attached hydrogens (tertiary/aromatic N) is 2. The molecule has 1 fully saturated rings. The van der Waals surface area contributed by atoms with Gasteiger partial charge in [-0.05, 0) is 25.7 Å². The number of aliphatic imine (C=N–C) groups is 1. The molecule has 20 heavy (non-hydrogen) atoms. The molecule has 1 aromatic rings. The summed E-state index contributed by atoms with van der Waals surface area (Å²) in [6, 6.07) is 0. The zero-order valence-corrected chi connectivity index (χ0v) is 13.4. The summed E-state index contributed by atoms with van der Waals surface area (Å²) in [5.74, 6) is 1.87. The summed E-state index contributed by atoms with van der Waals surface area (Å²) in [6.07, 6.45) is 8.36.